The molecule has 0 saturated carbocycles. The molecule has 1 N–H and O–H groups in total. The van der Waals surface area contributed by atoms with E-state index < -0.39 is 10.1 Å². The minimum Gasteiger partial charge on any atom is -0.312 e. The van der Waals surface area contributed by atoms with E-state index in [9.17, 15) is 18.0 Å². The normalized spacial score (nSPS) is 13.3. The van der Waals surface area contributed by atoms with Gasteiger partial charge in [-0.15, -0.1) is 0 Å². The third-order valence-corrected chi connectivity index (χ3v) is 8.56. The van der Waals surface area contributed by atoms with Gasteiger partial charge in [0.05, 0.1) is 33.3 Å². The highest BCUT2D eigenvalue weighted by Gasteiger charge is 2.22. The summed E-state index contributed by atoms with van der Waals surface area (Å²) in [5.74, 6) is 0.144. The van der Waals surface area contributed by atoms with E-state index >= 15 is 0 Å². The van der Waals surface area contributed by atoms with Gasteiger partial charge in [0, 0.05) is 49.0 Å². The fourth-order valence-corrected chi connectivity index (χ4v) is 5.84. The smallest absolute Gasteiger partial charge is 0.312 e. The van der Waals surface area contributed by atoms with Crippen LogP contribution in [-0.2, 0) is 22.0 Å². The monoisotopic (exact) mass is 607 g/mol. The highest BCUT2D eigenvalue weighted by atomic mass is 32.2. The van der Waals surface area contributed by atoms with Crippen LogP contribution in [0.4, 0.5) is 5.69 Å². The van der Waals surface area contributed by atoms with Gasteiger partial charge in [0.1, 0.15) is 0 Å². The molecule has 7 rings (SSSR count). The molecule has 44 heavy (non-hydrogen) atoms. The highest BCUT2D eigenvalue weighted by Crippen LogP contribution is 2.30. The summed E-state index contributed by atoms with van der Waals surface area (Å²) < 4.78 is 32.9. The van der Waals surface area contributed by atoms with Crippen molar-refractivity contribution in [2.45, 2.75) is 24.7 Å². The number of imidazole rings is 1. The van der Waals surface area contributed by atoms with Crippen LogP contribution in [0.3, 0.4) is 0 Å². The van der Waals surface area contributed by atoms with Crippen molar-refractivity contribution in [3.05, 3.63) is 114 Å². The van der Waals surface area contributed by atoms with Crippen LogP contribution in [0.25, 0.3) is 38.8 Å². The van der Waals surface area contributed by atoms with Gasteiger partial charge < -0.3 is 4.90 Å². The molecule has 3 aromatic carbocycles. The molecule has 4 heterocycles. The zero-order valence-electron chi connectivity index (χ0n) is 24.1. The Morgan fingerprint density at radius 1 is 0.864 bits per heavy atom. The number of aromatic nitrogens is 4. The maximum atomic E-state index is 13.3. The number of benzene rings is 3. The number of carbonyl (C=O) groups is 1. The molecular weight excluding hydrogens is 578 g/mol. The first kappa shape index (κ1) is 29.0. The van der Waals surface area contributed by atoms with Crippen LogP contribution < -0.4 is 10.6 Å². The lowest BCUT2D eigenvalue weighted by atomic mass is 10.0. The van der Waals surface area contributed by atoms with Crippen molar-refractivity contribution in [3.63, 3.8) is 0 Å². The maximum absolute atomic E-state index is 13.3. The molecule has 1 aliphatic rings. The molecule has 0 atom stereocenters. The van der Waals surface area contributed by atoms with Gasteiger partial charge in [-0.2, -0.15) is 8.42 Å². The number of carbonyl (C=O) groups excluding carboxylic acids is 1. The van der Waals surface area contributed by atoms with Crippen molar-refractivity contribution in [3.8, 4) is 16.8 Å². The van der Waals surface area contributed by atoms with E-state index in [1.807, 2.05) is 61.7 Å². The largest absolute Gasteiger partial charge is 0.333 e. The van der Waals surface area contributed by atoms with Crippen LogP contribution in [0.2, 0.25) is 0 Å². The van der Waals surface area contributed by atoms with Crippen molar-refractivity contribution in [2.24, 2.45) is 7.05 Å². The predicted octanol–water partition coefficient (Wildman–Crippen LogP) is 5.31. The lowest BCUT2D eigenvalue weighted by Crippen LogP contribution is -2.24. The summed E-state index contributed by atoms with van der Waals surface area (Å²) in [6, 6.07) is 23.6. The minimum atomic E-state index is -4.02. The molecule has 1 amide bonds. The molecule has 222 valence electrons. The fourth-order valence-electron chi connectivity index (χ4n) is 5.36. The Kier molecular flexibility index (Phi) is 7.58. The van der Waals surface area contributed by atoms with E-state index in [1.54, 1.807) is 45.6 Å². The van der Waals surface area contributed by atoms with Gasteiger partial charge in [0.25, 0.3) is 10.1 Å². The standard InChI is InChI=1S/C26H21N5O2.C7H8O3S/c1-29-23-16-28-22-11-6-17(18-4-2-12-27-15-18)14-21(22)25(23)31(26(29)33)20-9-7-19(8-10-20)30-13-3-5-24(30)32;1-6-2-4-7(5-3-6)11(8,9)10/h2,4,6-12,14-16H,3,5,13H2,1H3;2-5H,1H3,(H,8,9,10). The molecule has 1 saturated heterocycles. The van der Waals surface area contributed by atoms with E-state index in [1.165, 1.54) is 12.1 Å². The van der Waals surface area contributed by atoms with E-state index in [-0.39, 0.29) is 16.5 Å². The van der Waals surface area contributed by atoms with E-state index in [0.717, 1.165) is 63.0 Å². The SMILES string of the molecule is Cc1ccc(S(=O)(=O)O)cc1.Cn1c(=O)n(-c2ccc(N3CCCC3=O)cc2)c2c3cc(-c4cccnc4)ccc3ncc21. The number of hydrogen-bond donors (Lipinski definition) is 1. The maximum Gasteiger partial charge on any atom is 0.333 e. The van der Waals surface area contributed by atoms with Gasteiger partial charge in [-0.1, -0.05) is 29.8 Å². The summed E-state index contributed by atoms with van der Waals surface area (Å²) in [5, 5.41) is 0.894. The van der Waals surface area contributed by atoms with Crippen molar-refractivity contribution in [1.82, 2.24) is 19.1 Å². The van der Waals surface area contributed by atoms with Gasteiger partial charge >= 0.3 is 5.69 Å². The highest BCUT2D eigenvalue weighted by molar-refractivity contribution is 7.85. The van der Waals surface area contributed by atoms with Crippen molar-refractivity contribution < 1.29 is 17.8 Å². The molecule has 1 aliphatic heterocycles. The first-order valence-corrected chi connectivity index (χ1v) is 15.4. The summed E-state index contributed by atoms with van der Waals surface area (Å²) in [4.78, 5) is 36.0. The third-order valence-electron chi connectivity index (χ3n) is 7.69. The van der Waals surface area contributed by atoms with E-state index in [0.29, 0.717) is 6.42 Å². The van der Waals surface area contributed by atoms with Crippen LogP contribution in [-0.4, -0.2) is 44.5 Å². The number of nitrogens with zero attached hydrogens (tertiary/aromatic N) is 5. The number of aryl methyl sites for hydroxylation is 2. The third kappa shape index (κ3) is 5.50. The first-order chi connectivity index (χ1) is 21.1. The van der Waals surface area contributed by atoms with Crippen molar-refractivity contribution in [1.29, 1.82) is 0 Å². The summed E-state index contributed by atoms with van der Waals surface area (Å²) in [6.45, 7) is 2.58. The molecule has 1 fully saturated rings. The van der Waals surface area contributed by atoms with Gasteiger partial charge in [-0.05, 0) is 73.5 Å². The minimum absolute atomic E-state index is 0.0666. The Morgan fingerprint density at radius 3 is 2.23 bits per heavy atom. The average Bonchev–Trinajstić information content (AvgIpc) is 3.57. The molecule has 0 spiro atoms. The molecule has 0 bridgehead atoms. The average molecular weight is 608 g/mol. The number of fused-ring (bicyclic) bond motifs is 3. The number of pyridine rings is 2. The molecule has 0 aliphatic carbocycles. The number of rotatable bonds is 4. The van der Waals surface area contributed by atoms with Crippen LogP contribution in [0.15, 0.2) is 107 Å². The summed E-state index contributed by atoms with van der Waals surface area (Å²) in [6.07, 6.45) is 6.78. The molecule has 0 radical (unpaired) electrons. The van der Waals surface area contributed by atoms with Gasteiger partial charge in [0.2, 0.25) is 5.91 Å². The van der Waals surface area contributed by atoms with E-state index in [4.69, 9.17) is 4.55 Å². The van der Waals surface area contributed by atoms with Crippen molar-refractivity contribution >= 4 is 43.6 Å². The Balaban J connectivity index is 0.000000265. The summed E-state index contributed by atoms with van der Waals surface area (Å²) in [7, 11) is -2.26. The van der Waals surface area contributed by atoms with Crippen LogP contribution in [0.1, 0.15) is 18.4 Å². The number of anilines is 1. The molecule has 0 unspecified atom stereocenters. The topological polar surface area (TPSA) is 127 Å². The Morgan fingerprint density at radius 2 is 1.59 bits per heavy atom. The van der Waals surface area contributed by atoms with Crippen LogP contribution >= 0.6 is 0 Å². The Bertz CT molecular complexity index is 2170. The van der Waals surface area contributed by atoms with Crippen molar-refractivity contribution in [2.75, 3.05) is 11.4 Å². The molecule has 3 aromatic heterocycles. The van der Waals surface area contributed by atoms with Gasteiger partial charge in [0.15, 0.2) is 0 Å². The van der Waals surface area contributed by atoms with Crippen LogP contribution in [0.5, 0.6) is 0 Å². The molecule has 11 heteroatoms. The van der Waals surface area contributed by atoms with Gasteiger partial charge in [-0.25, -0.2) is 4.79 Å². The summed E-state index contributed by atoms with van der Waals surface area (Å²) >= 11 is 0. The number of amides is 1. The Labute approximate surface area is 253 Å². The second-order valence-electron chi connectivity index (χ2n) is 10.6. The second kappa shape index (κ2) is 11.5. The zero-order valence-corrected chi connectivity index (χ0v) is 24.9. The quantitative estimate of drug-likeness (QED) is 0.269. The predicted molar refractivity (Wildman–Crippen MR) is 170 cm³/mol. The van der Waals surface area contributed by atoms with Gasteiger partial charge in [-0.3, -0.25) is 28.4 Å². The zero-order chi connectivity index (χ0) is 31.0. The summed E-state index contributed by atoms with van der Waals surface area (Å²) in [5.41, 5.74) is 6.82. The van der Waals surface area contributed by atoms with E-state index in [2.05, 4.69) is 16.0 Å². The lowest BCUT2D eigenvalue weighted by Gasteiger charge is -2.16. The second-order valence-corrected chi connectivity index (χ2v) is 12.0. The molecular formula is C33H29N5O5S. The first-order valence-electron chi connectivity index (χ1n) is 14.0. The Hall–Kier alpha value is -5.13. The fraction of sp³-hybridized carbons (Fsp3) is 0.152. The number of hydrogen-bond acceptors (Lipinski definition) is 6. The molecule has 10 nitrogen and oxygen atoms in total. The van der Waals surface area contributed by atoms with Crippen LogP contribution in [0, 0.1) is 6.92 Å². The molecule has 6 aromatic rings. The lowest BCUT2D eigenvalue weighted by molar-refractivity contribution is -0.117.